The summed E-state index contributed by atoms with van der Waals surface area (Å²) < 4.78 is 5.67. The summed E-state index contributed by atoms with van der Waals surface area (Å²) in [7, 11) is 0. The number of hydrogen-bond acceptors (Lipinski definition) is 6. The van der Waals surface area contributed by atoms with Crippen LogP contribution >= 0.6 is 11.3 Å². The molecule has 0 spiro atoms. The Morgan fingerprint density at radius 1 is 1.24 bits per heavy atom. The van der Waals surface area contributed by atoms with E-state index in [1.165, 1.54) is 0 Å². The van der Waals surface area contributed by atoms with E-state index in [0.717, 1.165) is 48.8 Å². The van der Waals surface area contributed by atoms with Crippen molar-refractivity contribution >= 4 is 23.2 Å². The number of carbonyl (C=O) groups excluding carboxylic acids is 2. The maximum Gasteiger partial charge on any atom is 0.263 e. The molecule has 2 aromatic rings. The molecule has 8 heteroatoms. The summed E-state index contributed by atoms with van der Waals surface area (Å²) in [5.41, 5.74) is 0. The van der Waals surface area contributed by atoms with E-state index < -0.39 is 0 Å². The Morgan fingerprint density at radius 2 is 2.07 bits per heavy atom. The van der Waals surface area contributed by atoms with Gasteiger partial charge in [0.2, 0.25) is 11.8 Å². The molecule has 29 heavy (non-hydrogen) atoms. The van der Waals surface area contributed by atoms with Gasteiger partial charge in [-0.25, -0.2) is 4.98 Å². The van der Waals surface area contributed by atoms with Crippen LogP contribution in [-0.4, -0.2) is 64.4 Å². The van der Waals surface area contributed by atoms with Gasteiger partial charge < -0.3 is 14.5 Å². The number of nitrogens with zero attached hydrogens (tertiary/aromatic N) is 4. The highest BCUT2D eigenvalue weighted by Crippen LogP contribution is 2.26. The molecule has 0 radical (unpaired) electrons. The zero-order chi connectivity index (χ0) is 20.2. The van der Waals surface area contributed by atoms with E-state index in [-0.39, 0.29) is 17.7 Å². The predicted molar refractivity (Wildman–Crippen MR) is 110 cm³/mol. The standard InChI is InChI=1S/C21H26N4O3S/c1-15-2-3-18(29-15)21(27)24-8-4-16(5-9-24)12-25-13-17(10-20(25)26)14-28-19-11-22-6-7-23-19/h2-3,6-7,11,16-17H,4-5,8-10,12-14H2,1H3. The zero-order valence-corrected chi connectivity index (χ0v) is 17.4. The number of ether oxygens (including phenoxy) is 1. The molecule has 0 saturated carbocycles. The van der Waals surface area contributed by atoms with E-state index in [1.54, 1.807) is 29.9 Å². The van der Waals surface area contributed by atoms with Crippen molar-refractivity contribution in [3.05, 3.63) is 40.5 Å². The van der Waals surface area contributed by atoms with E-state index in [4.69, 9.17) is 4.74 Å². The fourth-order valence-corrected chi connectivity index (χ4v) is 4.88. The Labute approximate surface area is 174 Å². The van der Waals surface area contributed by atoms with Crippen molar-refractivity contribution in [2.75, 3.05) is 32.8 Å². The minimum atomic E-state index is 0.139. The Balaban J connectivity index is 1.22. The number of amides is 2. The van der Waals surface area contributed by atoms with Crippen LogP contribution in [0.15, 0.2) is 30.7 Å². The quantitative estimate of drug-likeness (QED) is 0.726. The molecule has 2 fully saturated rings. The van der Waals surface area contributed by atoms with Gasteiger partial charge in [0.15, 0.2) is 0 Å². The number of carbonyl (C=O) groups is 2. The second kappa shape index (κ2) is 8.90. The monoisotopic (exact) mass is 414 g/mol. The molecule has 7 nitrogen and oxygen atoms in total. The highest BCUT2D eigenvalue weighted by atomic mass is 32.1. The molecule has 1 unspecified atom stereocenters. The van der Waals surface area contributed by atoms with E-state index in [9.17, 15) is 9.59 Å². The first-order valence-corrected chi connectivity index (χ1v) is 10.9. The van der Waals surface area contributed by atoms with Gasteiger partial charge in [0.05, 0.1) is 17.7 Å². The minimum Gasteiger partial charge on any atom is -0.476 e. The molecule has 0 aliphatic carbocycles. The van der Waals surface area contributed by atoms with Crippen LogP contribution in [0.2, 0.25) is 0 Å². The van der Waals surface area contributed by atoms with Gasteiger partial charge in [-0.3, -0.25) is 14.6 Å². The average molecular weight is 415 g/mol. The summed E-state index contributed by atoms with van der Waals surface area (Å²) in [5.74, 6) is 1.47. The van der Waals surface area contributed by atoms with Crippen LogP contribution in [0.5, 0.6) is 5.88 Å². The van der Waals surface area contributed by atoms with Gasteiger partial charge in [0.25, 0.3) is 5.91 Å². The lowest BCUT2D eigenvalue weighted by Crippen LogP contribution is -2.41. The van der Waals surface area contributed by atoms with Gasteiger partial charge >= 0.3 is 0 Å². The Bertz CT molecular complexity index is 849. The molecule has 4 heterocycles. The fraction of sp³-hybridized carbons (Fsp3) is 0.524. The molecular weight excluding hydrogens is 388 g/mol. The SMILES string of the molecule is Cc1ccc(C(=O)N2CCC(CN3CC(COc4cnccn4)CC3=O)CC2)s1. The molecule has 154 valence electrons. The molecule has 2 aliphatic rings. The number of piperidine rings is 1. The molecule has 2 amide bonds. The molecule has 2 saturated heterocycles. The van der Waals surface area contributed by atoms with Crippen LogP contribution in [0.4, 0.5) is 0 Å². The van der Waals surface area contributed by atoms with Gasteiger partial charge in [0, 0.05) is 55.8 Å². The summed E-state index contributed by atoms with van der Waals surface area (Å²) in [6.07, 6.45) is 7.20. The summed E-state index contributed by atoms with van der Waals surface area (Å²) in [6.45, 7) is 5.54. The fourth-order valence-electron chi connectivity index (χ4n) is 4.04. The maximum atomic E-state index is 12.6. The van der Waals surface area contributed by atoms with Crippen LogP contribution in [-0.2, 0) is 4.79 Å². The van der Waals surface area contributed by atoms with Gasteiger partial charge in [0.1, 0.15) is 0 Å². The molecule has 2 aliphatic heterocycles. The van der Waals surface area contributed by atoms with Crippen LogP contribution in [0.3, 0.4) is 0 Å². The lowest BCUT2D eigenvalue weighted by molar-refractivity contribution is -0.128. The number of likely N-dealkylation sites (tertiary alicyclic amines) is 2. The molecule has 2 aromatic heterocycles. The smallest absolute Gasteiger partial charge is 0.263 e. The van der Waals surface area contributed by atoms with Crippen molar-refractivity contribution in [2.45, 2.75) is 26.2 Å². The summed E-state index contributed by atoms with van der Waals surface area (Å²) in [5, 5.41) is 0. The minimum absolute atomic E-state index is 0.139. The Morgan fingerprint density at radius 3 is 2.76 bits per heavy atom. The number of rotatable bonds is 6. The van der Waals surface area contributed by atoms with Crippen molar-refractivity contribution in [2.24, 2.45) is 11.8 Å². The first kappa shape index (κ1) is 19.8. The molecule has 4 rings (SSSR count). The van der Waals surface area contributed by atoms with E-state index in [1.807, 2.05) is 28.9 Å². The van der Waals surface area contributed by atoms with Gasteiger partial charge in [-0.15, -0.1) is 11.3 Å². The molecule has 0 aromatic carbocycles. The number of thiophene rings is 1. The second-order valence-electron chi connectivity index (χ2n) is 7.87. The first-order chi connectivity index (χ1) is 14.1. The van der Waals surface area contributed by atoms with Crippen LogP contribution in [0, 0.1) is 18.8 Å². The topological polar surface area (TPSA) is 75.6 Å². The Hall–Kier alpha value is -2.48. The third-order valence-electron chi connectivity index (χ3n) is 5.63. The molecule has 1 atom stereocenters. The van der Waals surface area contributed by atoms with Crippen LogP contribution < -0.4 is 4.74 Å². The summed E-state index contributed by atoms with van der Waals surface area (Å²) in [4.78, 5) is 39.0. The second-order valence-corrected chi connectivity index (χ2v) is 9.16. The van der Waals surface area contributed by atoms with Crippen molar-refractivity contribution < 1.29 is 14.3 Å². The third kappa shape index (κ3) is 4.93. The zero-order valence-electron chi connectivity index (χ0n) is 16.6. The predicted octanol–water partition coefficient (Wildman–Crippen LogP) is 2.63. The van der Waals surface area contributed by atoms with Crippen molar-refractivity contribution in [3.8, 4) is 5.88 Å². The normalized spacial score (nSPS) is 20.3. The number of aromatic nitrogens is 2. The van der Waals surface area contributed by atoms with Gasteiger partial charge in [-0.1, -0.05) is 0 Å². The average Bonchev–Trinajstić information content (AvgIpc) is 3.33. The third-order valence-corrected chi connectivity index (χ3v) is 6.62. The lowest BCUT2D eigenvalue weighted by atomic mass is 9.96. The molecular formula is C21H26N4O3S. The number of hydrogen-bond donors (Lipinski definition) is 0. The highest BCUT2D eigenvalue weighted by Gasteiger charge is 2.33. The largest absolute Gasteiger partial charge is 0.476 e. The number of aryl methyl sites for hydroxylation is 1. The summed E-state index contributed by atoms with van der Waals surface area (Å²) >= 11 is 1.56. The molecule has 0 N–H and O–H groups in total. The van der Waals surface area contributed by atoms with Crippen LogP contribution in [0.1, 0.15) is 33.8 Å². The van der Waals surface area contributed by atoms with E-state index in [2.05, 4.69) is 9.97 Å². The first-order valence-electron chi connectivity index (χ1n) is 10.1. The van der Waals surface area contributed by atoms with E-state index in [0.29, 0.717) is 24.8 Å². The maximum absolute atomic E-state index is 12.6. The molecule has 0 bridgehead atoms. The highest BCUT2D eigenvalue weighted by molar-refractivity contribution is 7.13. The van der Waals surface area contributed by atoms with Gasteiger partial charge in [-0.2, -0.15) is 0 Å². The van der Waals surface area contributed by atoms with E-state index >= 15 is 0 Å². The Kier molecular flexibility index (Phi) is 6.08. The van der Waals surface area contributed by atoms with Crippen molar-refractivity contribution in [3.63, 3.8) is 0 Å². The van der Waals surface area contributed by atoms with Crippen LogP contribution in [0.25, 0.3) is 0 Å². The summed E-state index contributed by atoms with van der Waals surface area (Å²) in [6, 6.07) is 3.91. The van der Waals surface area contributed by atoms with Crippen molar-refractivity contribution in [1.29, 1.82) is 0 Å². The lowest BCUT2D eigenvalue weighted by Gasteiger charge is -2.33. The van der Waals surface area contributed by atoms with Gasteiger partial charge in [-0.05, 0) is 37.8 Å². The van der Waals surface area contributed by atoms with Crippen molar-refractivity contribution in [1.82, 2.24) is 19.8 Å².